The molecule has 1 aromatic carbocycles. The van der Waals surface area contributed by atoms with E-state index >= 15 is 0 Å². The molecule has 1 aromatic rings. The summed E-state index contributed by atoms with van der Waals surface area (Å²) < 4.78 is 66.0. The maximum Gasteiger partial charge on any atom is 0.200 e. The smallest absolute Gasteiger partial charge is 0.200 e. The molecule has 1 saturated carbocycles. The van der Waals surface area contributed by atoms with E-state index in [2.05, 4.69) is 5.32 Å². The first-order valence-corrected chi connectivity index (χ1v) is 6.12. The first-order chi connectivity index (χ1) is 8.84. The van der Waals surface area contributed by atoms with Crippen LogP contribution >= 0.6 is 0 Å². The van der Waals surface area contributed by atoms with Gasteiger partial charge in [0, 0.05) is 6.04 Å². The minimum atomic E-state index is -2.13. The quantitative estimate of drug-likeness (QED) is 0.485. The Morgan fingerprint density at radius 1 is 0.789 bits per heavy atom. The topological polar surface area (TPSA) is 12.0 Å². The number of benzene rings is 1. The van der Waals surface area contributed by atoms with Crippen molar-refractivity contribution in [2.75, 3.05) is 5.32 Å². The third-order valence-corrected chi connectivity index (χ3v) is 4.00. The summed E-state index contributed by atoms with van der Waals surface area (Å²) >= 11 is 0. The minimum absolute atomic E-state index is 0.106. The van der Waals surface area contributed by atoms with Crippen molar-refractivity contribution in [1.82, 2.24) is 0 Å². The van der Waals surface area contributed by atoms with Gasteiger partial charge in [-0.25, -0.2) is 22.0 Å². The molecular formula is C13H14F5N. The van der Waals surface area contributed by atoms with Gasteiger partial charge in [-0.3, -0.25) is 0 Å². The Hall–Kier alpha value is -1.33. The van der Waals surface area contributed by atoms with Crippen LogP contribution in [0.2, 0.25) is 0 Å². The van der Waals surface area contributed by atoms with Crippen LogP contribution in [0.3, 0.4) is 0 Å². The van der Waals surface area contributed by atoms with E-state index in [1.807, 2.05) is 13.8 Å². The lowest BCUT2D eigenvalue weighted by molar-refractivity contribution is 0.378. The molecule has 0 amide bonds. The molecule has 1 nitrogen and oxygen atoms in total. The fraction of sp³-hybridized carbons (Fsp3) is 0.538. The van der Waals surface area contributed by atoms with Crippen LogP contribution in [-0.2, 0) is 0 Å². The van der Waals surface area contributed by atoms with Crippen LogP contribution < -0.4 is 5.32 Å². The molecule has 1 aliphatic carbocycles. The zero-order valence-corrected chi connectivity index (χ0v) is 10.5. The van der Waals surface area contributed by atoms with Gasteiger partial charge >= 0.3 is 0 Å². The first kappa shape index (κ1) is 14.1. The highest BCUT2D eigenvalue weighted by molar-refractivity contribution is 5.48. The molecule has 0 saturated heterocycles. The van der Waals surface area contributed by atoms with Crippen LogP contribution in [0.15, 0.2) is 0 Å². The van der Waals surface area contributed by atoms with Gasteiger partial charge in [0.1, 0.15) is 5.69 Å². The Bertz CT molecular complexity index is 473. The third kappa shape index (κ3) is 2.28. The number of hydrogen-bond donors (Lipinski definition) is 1. The monoisotopic (exact) mass is 279 g/mol. The predicted molar refractivity (Wildman–Crippen MR) is 61.2 cm³/mol. The molecule has 1 fully saturated rings. The average Bonchev–Trinajstić information content (AvgIpc) is 2.71. The second kappa shape index (κ2) is 4.98. The summed E-state index contributed by atoms with van der Waals surface area (Å²) in [4.78, 5) is 0. The van der Waals surface area contributed by atoms with Gasteiger partial charge in [-0.15, -0.1) is 0 Å². The van der Waals surface area contributed by atoms with Crippen molar-refractivity contribution in [3.8, 4) is 0 Å². The molecule has 0 radical (unpaired) electrons. The zero-order valence-electron chi connectivity index (χ0n) is 10.5. The standard InChI is InChI=1S/C13H14F5N/c1-5-3-4-7(6(5)2)19-13-11(17)9(15)8(14)10(16)12(13)18/h5-7,19H,3-4H2,1-2H3. The predicted octanol–water partition coefficient (Wildman–Crippen LogP) is 4.23. The van der Waals surface area contributed by atoms with Crippen molar-refractivity contribution in [3.63, 3.8) is 0 Å². The molecule has 0 aromatic heterocycles. The van der Waals surface area contributed by atoms with E-state index in [1.54, 1.807) is 0 Å². The second-order valence-corrected chi connectivity index (χ2v) is 5.11. The summed E-state index contributed by atoms with van der Waals surface area (Å²) in [5.41, 5.74) is -0.928. The summed E-state index contributed by atoms with van der Waals surface area (Å²) in [6.45, 7) is 3.88. The maximum atomic E-state index is 13.5. The highest BCUT2D eigenvalue weighted by Crippen LogP contribution is 2.35. The Labute approximate surface area is 107 Å². The second-order valence-electron chi connectivity index (χ2n) is 5.11. The van der Waals surface area contributed by atoms with Crippen LogP contribution in [0, 0.1) is 40.9 Å². The van der Waals surface area contributed by atoms with Gasteiger partial charge in [0.2, 0.25) is 5.82 Å². The third-order valence-electron chi connectivity index (χ3n) is 4.00. The molecule has 0 heterocycles. The number of anilines is 1. The van der Waals surface area contributed by atoms with Crippen molar-refractivity contribution in [2.45, 2.75) is 32.7 Å². The summed E-state index contributed by atoms with van der Waals surface area (Å²) in [5, 5.41) is 2.47. The van der Waals surface area contributed by atoms with E-state index in [0.717, 1.165) is 6.42 Å². The molecule has 1 aliphatic rings. The van der Waals surface area contributed by atoms with Crippen molar-refractivity contribution in [3.05, 3.63) is 29.1 Å². The highest BCUT2D eigenvalue weighted by Gasteiger charge is 2.33. The molecule has 1 N–H and O–H groups in total. The molecule has 0 spiro atoms. The molecule has 3 atom stereocenters. The molecule has 106 valence electrons. The van der Waals surface area contributed by atoms with E-state index in [0.29, 0.717) is 12.3 Å². The SMILES string of the molecule is CC1CCC(Nc2c(F)c(F)c(F)c(F)c2F)C1C. The number of rotatable bonds is 2. The largest absolute Gasteiger partial charge is 0.377 e. The van der Waals surface area contributed by atoms with Gasteiger partial charge in [-0.1, -0.05) is 13.8 Å². The van der Waals surface area contributed by atoms with Crippen molar-refractivity contribution < 1.29 is 22.0 Å². The summed E-state index contributed by atoms with van der Waals surface area (Å²) in [6.07, 6.45) is 1.50. The first-order valence-electron chi connectivity index (χ1n) is 6.12. The van der Waals surface area contributed by atoms with Crippen molar-refractivity contribution >= 4 is 5.69 Å². The Kier molecular flexibility index (Phi) is 3.69. The van der Waals surface area contributed by atoms with E-state index in [-0.39, 0.29) is 12.0 Å². The summed E-state index contributed by atoms with van der Waals surface area (Å²) in [6, 6.07) is -0.289. The normalized spacial score (nSPS) is 26.8. The van der Waals surface area contributed by atoms with Gasteiger partial charge in [-0.05, 0) is 24.7 Å². The van der Waals surface area contributed by atoms with Crippen LogP contribution in [0.5, 0.6) is 0 Å². The molecular weight excluding hydrogens is 265 g/mol. The number of halogens is 5. The Morgan fingerprint density at radius 3 is 1.68 bits per heavy atom. The summed E-state index contributed by atoms with van der Waals surface area (Å²) in [7, 11) is 0. The fourth-order valence-electron chi connectivity index (χ4n) is 2.49. The highest BCUT2D eigenvalue weighted by atomic mass is 19.2. The lowest BCUT2D eigenvalue weighted by Gasteiger charge is -2.21. The van der Waals surface area contributed by atoms with E-state index < -0.39 is 34.8 Å². The van der Waals surface area contributed by atoms with Crippen molar-refractivity contribution in [1.29, 1.82) is 0 Å². The van der Waals surface area contributed by atoms with Gasteiger partial charge in [0.25, 0.3) is 0 Å². The molecule has 0 bridgehead atoms. The molecule has 2 rings (SSSR count). The van der Waals surface area contributed by atoms with Crippen LogP contribution in [0.4, 0.5) is 27.6 Å². The van der Waals surface area contributed by atoms with Gasteiger partial charge in [0.05, 0.1) is 0 Å². The van der Waals surface area contributed by atoms with E-state index in [9.17, 15) is 22.0 Å². The molecule has 0 aliphatic heterocycles. The van der Waals surface area contributed by atoms with Crippen LogP contribution in [0.1, 0.15) is 26.7 Å². The lowest BCUT2D eigenvalue weighted by atomic mass is 9.97. The number of hydrogen-bond acceptors (Lipinski definition) is 1. The molecule has 3 unspecified atom stereocenters. The maximum absolute atomic E-state index is 13.5. The lowest BCUT2D eigenvalue weighted by Crippen LogP contribution is -2.26. The van der Waals surface area contributed by atoms with E-state index in [1.165, 1.54) is 0 Å². The zero-order chi connectivity index (χ0) is 14.3. The fourth-order valence-corrected chi connectivity index (χ4v) is 2.49. The molecule has 6 heteroatoms. The van der Waals surface area contributed by atoms with Gasteiger partial charge in [0.15, 0.2) is 23.3 Å². The van der Waals surface area contributed by atoms with Crippen LogP contribution in [-0.4, -0.2) is 6.04 Å². The van der Waals surface area contributed by atoms with Crippen LogP contribution in [0.25, 0.3) is 0 Å². The van der Waals surface area contributed by atoms with Gasteiger partial charge < -0.3 is 5.32 Å². The number of nitrogens with one attached hydrogen (secondary N) is 1. The Balaban J connectivity index is 2.36. The minimum Gasteiger partial charge on any atom is -0.377 e. The van der Waals surface area contributed by atoms with Gasteiger partial charge in [-0.2, -0.15) is 0 Å². The average molecular weight is 279 g/mol. The Morgan fingerprint density at radius 2 is 1.26 bits per heavy atom. The van der Waals surface area contributed by atoms with Crippen molar-refractivity contribution in [2.24, 2.45) is 11.8 Å². The summed E-state index contributed by atoms with van der Waals surface area (Å²) in [5.74, 6) is -9.12. The molecule has 19 heavy (non-hydrogen) atoms. The van der Waals surface area contributed by atoms with E-state index in [4.69, 9.17) is 0 Å².